The Morgan fingerprint density at radius 3 is 2.38 bits per heavy atom. The molecule has 112 valence electrons. The zero-order valence-corrected chi connectivity index (χ0v) is 14.2. The van der Waals surface area contributed by atoms with Crippen molar-refractivity contribution in [1.82, 2.24) is 10.3 Å². The molecule has 1 fully saturated rings. The second-order valence-corrected chi connectivity index (χ2v) is 8.04. The van der Waals surface area contributed by atoms with E-state index in [0.29, 0.717) is 5.92 Å². The third kappa shape index (κ3) is 3.19. The monoisotopic (exact) mass is 300 g/mol. The highest BCUT2D eigenvalue weighted by Crippen LogP contribution is 2.44. The van der Waals surface area contributed by atoms with Gasteiger partial charge in [-0.3, -0.25) is 0 Å². The van der Waals surface area contributed by atoms with Crippen molar-refractivity contribution in [3.8, 4) is 10.6 Å². The van der Waals surface area contributed by atoms with E-state index >= 15 is 0 Å². The maximum Gasteiger partial charge on any atom is 0.123 e. The smallest absolute Gasteiger partial charge is 0.123 e. The largest absolute Gasteiger partial charge is 0.315 e. The molecule has 0 bridgehead atoms. The van der Waals surface area contributed by atoms with Crippen LogP contribution in [0.25, 0.3) is 10.6 Å². The summed E-state index contributed by atoms with van der Waals surface area (Å²) in [4.78, 5) is 6.34. The van der Waals surface area contributed by atoms with Crippen molar-refractivity contribution in [2.75, 3.05) is 7.05 Å². The van der Waals surface area contributed by atoms with Gasteiger partial charge in [0.25, 0.3) is 0 Å². The second kappa shape index (κ2) is 5.54. The molecule has 1 aliphatic carbocycles. The van der Waals surface area contributed by atoms with E-state index in [-0.39, 0.29) is 5.41 Å². The van der Waals surface area contributed by atoms with Gasteiger partial charge in [-0.25, -0.2) is 4.98 Å². The van der Waals surface area contributed by atoms with E-state index in [1.807, 2.05) is 18.4 Å². The van der Waals surface area contributed by atoms with Crippen LogP contribution in [0.4, 0.5) is 0 Å². The topological polar surface area (TPSA) is 24.9 Å². The standard InChI is InChI=1S/C18H24N2S/c1-18(2,3)14-9-7-13(8-10-14)17-20-16(12-5-6-12)15(21-17)11-19-4/h7-10,12,19H,5-6,11H2,1-4H3. The van der Waals surface area contributed by atoms with Gasteiger partial charge in [0.05, 0.1) is 5.69 Å². The summed E-state index contributed by atoms with van der Waals surface area (Å²) in [6.07, 6.45) is 2.62. The molecule has 1 aliphatic rings. The summed E-state index contributed by atoms with van der Waals surface area (Å²) in [5, 5.41) is 4.44. The zero-order valence-electron chi connectivity index (χ0n) is 13.4. The molecule has 1 N–H and O–H groups in total. The van der Waals surface area contributed by atoms with Crippen molar-refractivity contribution in [3.63, 3.8) is 0 Å². The van der Waals surface area contributed by atoms with Gasteiger partial charge in [-0.1, -0.05) is 45.0 Å². The summed E-state index contributed by atoms with van der Waals surface area (Å²) in [7, 11) is 2.01. The second-order valence-electron chi connectivity index (χ2n) is 6.96. The molecule has 0 atom stereocenters. The summed E-state index contributed by atoms with van der Waals surface area (Å²) in [6.45, 7) is 7.69. The number of thiazole rings is 1. The molecule has 2 nitrogen and oxygen atoms in total. The Labute approximate surface area is 131 Å². The van der Waals surface area contributed by atoms with Gasteiger partial charge >= 0.3 is 0 Å². The minimum Gasteiger partial charge on any atom is -0.315 e. The van der Waals surface area contributed by atoms with E-state index in [2.05, 4.69) is 50.4 Å². The van der Waals surface area contributed by atoms with E-state index in [0.717, 1.165) is 6.54 Å². The normalized spacial score (nSPS) is 15.4. The van der Waals surface area contributed by atoms with Crippen LogP contribution >= 0.6 is 11.3 Å². The minimum atomic E-state index is 0.206. The third-order valence-electron chi connectivity index (χ3n) is 4.03. The van der Waals surface area contributed by atoms with E-state index in [9.17, 15) is 0 Å². The van der Waals surface area contributed by atoms with Crippen molar-refractivity contribution in [1.29, 1.82) is 0 Å². The number of rotatable bonds is 4. The summed E-state index contributed by atoms with van der Waals surface area (Å²) in [6, 6.07) is 8.93. The van der Waals surface area contributed by atoms with Crippen LogP contribution in [0.2, 0.25) is 0 Å². The quantitative estimate of drug-likeness (QED) is 0.885. The summed E-state index contributed by atoms with van der Waals surface area (Å²) < 4.78 is 0. The Kier molecular flexibility index (Phi) is 3.89. The predicted molar refractivity (Wildman–Crippen MR) is 91.0 cm³/mol. The van der Waals surface area contributed by atoms with E-state index in [1.165, 1.54) is 39.5 Å². The number of hydrogen-bond acceptors (Lipinski definition) is 3. The first-order valence-corrected chi connectivity index (χ1v) is 8.56. The first kappa shape index (κ1) is 14.7. The highest BCUT2D eigenvalue weighted by Gasteiger charge is 2.29. The Bertz CT molecular complexity index is 616. The van der Waals surface area contributed by atoms with Gasteiger partial charge in [0.15, 0.2) is 0 Å². The first-order valence-electron chi connectivity index (χ1n) is 7.74. The molecule has 0 spiro atoms. The van der Waals surface area contributed by atoms with Gasteiger partial charge in [0.1, 0.15) is 5.01 Å². The minimum absolute atomic E-state index is 0.206. The number of nitrogens with one attached hydrogen (secondary N) is 1. The van der Waals surface area contributed by atoms with Crippen LogP contribution in [0.1, 0.15) is 55.7 Å². The summed E-state index contributed by atoms with van der Waals surface area (Å²) >= 11 is 1.85. The molecular weight excluding hydrogens is 276 g/mol. The van der Waals surface area contributed by atoms with Gasteiger partial charge in [0, 0.05) is 22.9 Å². The fourth-order valence-electron chi connectivity index (χ4n) is 2.56. The molecule has 3 heteroatoms. The van der Waals surface area contributed by atoms with Crippen LogP contribution in [0.3, 0.4) is 0 Å². The number of aromatic nitrogens is 1. The van der Waals surface area contributed by atoms with E-state index < -0.39 is 0 Å². The molecule has 0 amide bonds. The maximum absolute atomic E-state index is 4.93. The lowest BCUT2D eigenvalue weighted by Crippen LogP contribution is -2.10. The molecule has 0 radical (unpaired) electrons. The van der Waals surface area contributed by atoms with E-state index in [1.54, 1.807) is 0 Å². The van der Waals surface area contributed by atoms with Crippen LogP contribution in [-0.2, 0) is 12.0 Å². The zero-order chi connectivity index (χ0) is 15.0. The van der Waals surface area contributed by atoms with Gasteiger partial charge in [-0.05, 0) is 30.9 Å². The van der Waals surface area contributed by atoms with Crippen molar-refractivity contribution < 1.29 is 0 Å². The molecule has 3 rings (SSSR count). The van der Waals surface area contributed by atoms with Crippen LogP contribution in [-0.4, -0.2) is 12.0 Å². The molecule has 1 saturated carbocycles. The van der Waals surface area contributed by atoms with Gasteiger partial charge < -0.3 is 5.32 Å². The number of nitrogens with zero attached hydrogens (tertiary/aromatic N) is 1. The Morgan fingerprint density at radius 2 is 1.86 bits per heavy atom. The third-order valence-corrected chi connectivity index (χ3v) is 5.15. The average molecular weight is 300 g/mol. The van der Waals surface area contributed by atoms with Crippen LogP contribution in [0.15, 0.2) is 24.3 Å². The highest BCUT2D eigenvalue weighted by molar-refractivity contribution is 7.15. The van der Waals surface area contributed by atoms with E-state index in [4.69, 9.17) is 4.98 Å². The Hall–Kier alpha value is -1.19. The molecule has 0 aliphatic heterocycles. The SMILES string of the molecule is CNCc1sc(-c2ccc(C(C)(C)C)cc2)nc1C1CC1. The van der Waals surface area contributed by atoms with Crippen molar-refractivity contribution in [2.45, 2.75) is 51.5 Å². The lowest BCUT2D eigenvalue weighted by molar-refractivity contribution is 0.590. The molecule has 0 unspecified atom stereocenters. The molecule has 21 heavy (non-hydrogen) atoms. The van der Waals surface area contributed by atoms with Gasteiger partial charge in [-0.15, -0.1) is 11.3 Å². The highest BCUT2D eigenvalue weighted by atomic mass is 32.1. The lowest BCUT2D eigenvalue weighted by Gasteiger charge is -2.18. The van der Waals surface area contributed by atoms with Crippen LogP contribution < -0.4 is 5.32 Å². The molecule has 2 aromatic rings. The Morgan fingerprint density at radius 1 is 1.19 bits per heavy atom. The van der Waals surface area contributed by atoms with Crippen LogP contribution in [0.5, 0.6) is 0 Å². The van der Waals surface area contributed by atoms with Crippen molar-refractivity contribution in [3.05, 3.63) is 40.4 Å². The van der Waals surface area contributed by atoms with Gasteiger partial charge in [0.2, 0.25) is 0 Å². The number of benzene rings is 1. The summed E-state index contributed by atoms with van der Waals surface area (Å²) in [5.41, 5.74) is 4.17. The lowest BCUT2D eigenvalue weighted by atomic mass is 9.87. The molecule has 0 saturated heterocycles. The van der Waals surface area contributed by atoms with Crippen molar-refractivity contribution >= 4 is 11.3 Å². The fourth-order valence-corrected chi connectivity index (χ4v) is 3.73. The first-order chi connectivity index (χ1) is 9.99. The van der Waals surface area contributed by atoms with Crippen molar-refractivity contribution in [2.24, 2.45) is 0 Å². The molecular formula is C18H24N2S. The fraction of sp³-hybridized carbons (Fsp3) is 0.500. The molecule has 1 aromatic carbocycles. The molecule has 1 aromatic heterocycles. The number of hydrogen-bond donors (Lipinski definition) is 1. The average Bonchev–Trinajstić information content (AvgIpc) is 3.20. The molecule has 1 heterocycles. The Balaban J connectivity index is 1.91. The predicted octanol–water partition coefficient (Wildman–Crippen LogP) is 4.70. The van der Waals surface area contributed by atoms with Crippen LogP contribution in [0, 0.1) is 0 Å². The summed E-state index contributed by atoms with van der Waals surface area (Å²) in [5.74, 6) is 0.715. The maximum atomic E-state index is 4.93. The van der Waals surface area contributed by atoms with Gasteiger partial charge in [-0.2, -0.15) is 0 Å².